The van der Waals surface area contributed by atoms with Gasteiger partial charge in [-0.05, 0) is 63.2 Å². The van der Waals surface area contributed by atoms with E-state index in [4.69, 9.17) is 4.74 Å². The van der Waals surface area contributed by atoms with Crippen molar-refractivity contribution in [1.29, 1.82) is 0 Å². The molecule has 0 aliphatic carbocycles. The lowest BCUT2D eigenvalue weighted by atomic mass is 10.1. The van der Waals surface area contributed by atoms with Gasteiger partial charge < -0.3 is 15.0 Å². The van der Waals surface area contributed by atoms with Crippen LogP contribution in [0.5, 0.6) is 5.75 Å². The van der Waals surface area contributed by atoms with Gasteiger partial charge in [0.25, 0.3) is 11.8 Å². The molecule has 0 bridgehead atoms. The number of rotatable bonds is 7. The highest BCUT2D eigenvalue weighted by molar-refractivity contribution is 9.10. The summed E-state index contributed by atoms with van der Waals surface area (Å²) in [6.45, 7) is 6.85. The van der Waals surface area contributed by atoms with E-state index >= 15 is 0 Å². The van der Waals surface area contributed by atoms with Crippen LogP contribution in [0, 0.1) is 0 Å². The summed E-state index contributed by atoms with van der Waals surface area (Å²) in [5.41, 5.74) is 1.12. The average molecular weight is 419 g/mol. The van der Waals surface area contributed by atoms with Gasteiger partial charge in [0.05, 0.1) is 0 Å². The van der Waals surface area contributed by atoms with E-state index in [0.717, 1.165) is 4.47 Å². The van der Waals surface area contributed by atoms with Crippen LogP contribution < -0.4 is 10.1 Å². The fourth-order valence-electron chi connectivity index (χ4n) is 2.44. The van der Waals surface area contributed by atoms with E-state index in [0.29, 0.717) is 30.1 Å². The summed E-state index contributed by atoms with van der Waals surface area (Å²) >= 11 is 3.36. The second-order valence-electron chi connectivity index (χ2n) is 5.76. The molecule has 0 spiro atoms. The third-order valence-corrected chi connectivity index (χ3v) is 4.45. The van der Waals surface area contributed by atoms with Crippen LogP contribution in [0.3, 0.4) is 0 Å². The fraction of sp³-hybridized carbons (Fsp3) is 0.300. The van der Waals surface area contributed by atoms with Gasteiger partial charge >= 0.3 is 0 Å². The maximum absolute atomic E-state index is 12.4. The Kier molecular flexibility index (Phi) is 7.21. The van der Waals surface area contributed by atoms with Crippen LogP contribution in [0.15, 0.2) is 53.0 Å². The number of nitrogens with zero attached hydrogens (tertiary/aromatic N) is 1. The van der Waals surface area contributed by atoms with E-state index in [2.05, 4.69) is 21.2 Å². The first-order valence-electron chi connectivity index (χ1n) is 8.57. The zero-order valence-corrected chi connectivity index (χ0v) is 16.7. The van der Waals surface area contributed by atoms with Crippen molar-refractivity contribution in [2.75, 3.05) is 18.4 Å². The van der Waals surface area contributed by atoms with E-state index in [1.54, 1.807) is 48.2 Å². The van der Waals surface area contributed by atoms with Crippen LogP contribution in [-0.2, 0) is 4.79 Å². The normalized spacial score (nSPS) is 11.5. The molecule has 2 aromatic carbocycles. The van der Waals surface area contributed by atoms with Gasteiger partial charge in [0.1, 0.15) is 5.75 Å². The van der Waals surface area contributed by atoms with Gasteiger partial charge in [-0.1, -0.05) is 22.0 Å². The van der Waals surface area contributed by atoms with Gasteiger partial charge in [0, 0.05) is 28.8 Å². The number of benzene rings is 2. The number of carbonyl (C=O) groups is 2. The van der Waals surface area contributed by atoms with Crippen LogP contribution in [0.4, 0.5) is 5.69 Å². The Morgan fingerprint density at radius 3 is 2.38 bits per heavy atom. The molecule has 0 fully saturated rings. The molecule has 1 N–H and O–H groups in total. The molecular formula is C20H23BrN2O3. The van der Waals surface area contributed by atoms with Crippen molar-refractivity contribution in [3.8, 4) is 5.75 Å². The van der Waals surface area contributed by atoms with E-state index < -0.39 is 6.10 Å². The van der Waals surface area contributed by atoms with Gasteiger partial charge in [-0.3, -0.25) is 9.59 Å². The number of halogens is 1. The Morgan fingerprint density at radius 1 is 1.12 bits per heavy atom. The van der Waals surface area contributed by atoms with Crippen molar-refractivity contribution in [2.45, 2.75) is 26.9 Å². The zero-order valence-electron chi connectivity index (χ0n) is 15.2. The number of amides is 2. The predicted molar refractivity (Wildman–Crippen MR) is 107 cm³/mol. The molecule has 0 unspecified atom stereocenters. The van der Waals surface area contributed by atoms with Crippen LogP contribution >= 0.6 is 15.9 Å². The smallest absolute Gasteiger partial charge is 0.265 e. The molecule has 1 atom stereocenters. The molecule has 0 saturated carbocycles. The van der Waals surface area contributed by atoms with Crippen molar-refractivity contribution < 1.29 is 14.3 Å². The third-order valence-electron chi connectivity index (χ3n) is 3.92. The molecule has 0 radical (unpaired) electrons. The molecule has 0 aliphatic heterocycles. The topological polar surface area (TPSA) is 58.6 Å². The van der Waals surface area contributed by atoms with Crippen LogP contribution in [0.25, 0.3) is 0 Å². The summed E-state index contributed by atoms with van der Waals surface area (Å²) in [7, 11) is 0. The molecule has 2 amide bonds. The van der Waals surface area contributed by atoms with E-state index in [1.807, 2.05) is 26.0 Å². The molecule has 138 valence electrons. The van der Waals surface area contributed by atoms with Crippen molar-refractivity contribution in [2.24, 2.45) is 0 Å². The average Bonchev–Trinajstić information content (AvgIpc) is 2.64. The Balaban J connectivity index is 2.03. The second kappa shape index (κ2) is 9.38. The SMILES string of the molecule is CCN(CC)C(=O)c1cccc(NC(=O)[C@H](C)Oc2ccc(Br)cc2)c1. The summed E-state index contributed by atoms with van der Waals surface area (Å²) in [6, 6.07) is 14.2. The Labute approximate surface area is 162 Å². The standard InChI is InChI=1S/C20H23BrN2O3/c1-4-23(5-2)20(25)15-7-6-8-17(13-15)22-19(24)14(3)26-18-11-9-16(21)10-12-18/h6-14H,4-5H2,1-3H3,(H,22,24)/t14-/m0/s1. The lowest BCUT2D eigenvalue weighted by Crippen LogP contribution is -2.31. The first kappa shape index (κ1) is 20.0. The van der Waals surface area contributed by atoms with Crippen LogP contribution in [0.2, 0.25) is 0 Å². The summed E-state index contributed by atoms with van der Waals surface area (Å²) in [6.07, 6.45) is -0.668. The van der Waals surface area contributed by atoms with Crippen molar-refractivity contribution in [3.63, 3.8) is 0 Å². The molecule has 2 rings (SSSR count). The molecule has 0 aromatic heterocycles. The lowest BCUT2D eigenvalue weighted by Gasteiger charge is -2.19. The third kappa shape index (κ3) is 5.33. The summed E-state index contributed by atoms with van der Waals surface area (Å²) in [5, 5.41) is 2.80. The van der Waals surface area contributed by atoms with Crippen LogP contribution in [0.1, 0.15) is 31.1 Å². The van der Waals surface area contributed by atoms with Gasteiger partial charge in [-0.15, -0.1) is 0 Å². The van der Waals surface area contributed by atoms with Gasteiger partial charge in [0.15, 0.2) is 6.10 Å². The first-order chi connectivity index (χ1) is 12.4. The van der Waals surface area contributed by atoms with E-state index in [1.165, 1.54) is 0 Å². The number of nitrogens with one attached hydrogen (secondary N) is 1. The molecule has 0 saturated heterocycles. The maximum atomic E-state index is 12.4. The minimum Gasteiger partial charge on any atom is -0.481 e. The number of hydrogen-bond donors (Lipinski definition) is 1. The lowest BCUT2D eigenvalue weighted by molar-refractivity contribution is -0.122. The summed E-state index contributed by atoms with van der Waals surface area (Å²) in [4.78, 5) is 26.5. The highest BCUT2D eigenvalue weighted by atomic mass is 79.9. The Hall–Kier alpha value is -2.34. The predicted octanol–water partition coefficient (Wildman–Crippen LogP) is 4.34. The first-order valence-corrected chi connectivity index (χ1v) is 9.36. The van der Waals surface area contributed by atoms with E-state index in [-0.39, 0.29) is 11.8 Å². The van der Waals surface area contributed by atoms with Crippen molar-refractivity contribution >= 4 is 33.4 Å². The van der Waals surface area contributed by atoms with Gasteiger partial charge in [-0.25, -0.2) is 0 Å². The number of anilines is 1. The Morgan fingerprint density at radius 2 is 1.77 bits per heavy atom. The summed E-state index contributed by atoms with van der Waals surface area (Å²) in [5.74, 6) is 0.284. The molecule has 26 heavy (non-hydrogen) atoms. The fourth-order valence-corrected chi connectivity index (χ4v) is 2.70. The van der Waals surface area contributed by atoms with Crippen LogP contribution in [-0.4, -0.2) is 35.9 Å². The molecule has 5 nitrogen and oxygen atoms in total. The van der Waals surface area contributed by atoms with Gasteiger partial charge in [0.2, 0.25) is 0 Å². The van der Waals surface area contributed by atoms with Crippen molar-refractivity contribution in [1.82, 2.24) is 4.90 Å². The highest BCUT2D eigenvalue weighted by Crippen LogP contribution is 2.18. The number of ether oxygens (including phenoxy) is 1. The van der Waals surface area contributed by atoms with E-state index in [9.17, 15) is 9.59 Å². The van der Waals surface area contributed by atoms with Crippen molar-refractivity contribution in [3.05, 3.63) is 58.6 Å². The largest absolute Gasteiger partial charge is 0.481 e. The minimum atomic E-state index is -0.668. The summed E-state index contributed by atoms with van der Waals surface area (Å²) < 4.78 is 6.59. The quantitative estimate of drug-likeness (QED) is 0.727. The number of hydrogen-bond acceptors (Lipinski definition) is 3. The molecular weight excluding hydrogens is 396 g/mol. The number of carbonyl (C=O) groups excluding carboxylic acids is 2. The monoisotopic (exact) mass is 418 g/mol. The second-order valence-corrected chi connectivity index (χ2v) is 6.68. The van der Waals surface area contributed by atoms with Gasteiger partial charge in [-0.2, -0.15) is 0 Å². The molecule has 0 heterocycles. The Bertz CT molecular complexity index is 758. The maximum Gasteiger partial charge on any atom is 0.265 e. The molecule has 0 aliphatic rings. The zero-order chi connectivity index (χ0) is 19.1. The highest BCUT2D eigenvalue weighted by Gasteiger charge is 2.17. The minimum absolute atomic E-state index is 0.0507. The molecule has 6 heteroatoms. The molecule has 2 aromatic rings.